The lowest BCUT2D eigenvalue weighted by Gasteiger charge is -2.22. The predicted octanol–water partition coefficient (Wildman–Crippen LogP) is 5.20. The second-order valence-corrected chi connectivity index (χ2v) is 10.5. The number of amides is 1. The van der Waals surface area contributed by atoms with E-state index in [1.54, 1.807) is 12.1 Å². The zero-order valence-electron chi connectivity index (χ0n) is 17.7. The molecule has 0 aromatic heterocycles. The Bertz CT molecular complexity index is 1150. The van der Waals surface area contributed by atoms with Crippen molar-refractivity contribution in [3.8, 4) is 0 Å². The summed E-state index contributed by atoms with van der Waals surface area (Å²) in [6, 6.07) is 19.7. The van der Waals surface area contributed by atoms with Gasteiger partial charge in [-0.05, 0) is 73.9 Å². The van der Waals surface area contributed by atoms with Crippen molar-refractivity contribution in [3.63, 3.8) is 0 Å². The molecule has 0 radical (unpaired) electrons. The topological polar surface area (TPSA) is 66.5 Å². The molecule has 0 heterocycles. The smallest absolute Gasteiger partial charge is 0.243 e. The number of carbonyl (C=O) groups excluding carboxylic acids is 1. The molecule has 3 aromatic carbocycles. The summed E-state index contributed by atoms with van der Waals surface area (Å²) >= 11 is 3.33. The normalized spacial score (nSPS) is 11.5. The van der Waals surface area contributed by atoms with E-state index in [4.69, 9.17) is 0 Å². The third-order valence-electron chi connectivity index (χ3n) is 4.76. The van der Waals surface area contributed by atoms with Gasteiger partial charge in [0.05, 0.1) is 11.4 Å². The zero-order chi connectivity index (χ0) is 22.6. The molecule has 31 heavy (non-hydrogen) atoms. The Morgan fingerprint density at radius 1 is 0.871 bits per heavy atom. The summed E-state index contributed by atoms with van der Waals surface area (Å²) in [7, 11) is -3.88. The van der Waals surface area contributed by atoms with Gasteiger partial charge in [0.2, 0.25) is 15.9 Å². The molecule has 3 rings (SSSR count). The second kappa shape index (κ2) is 9.77. The van der Waals surface area contributed by atoms with Crippen LogP contribution in [-0.2, 0) is 21.4 Å². The van der Waals surface area contributed by atoms with E-state index in [0.717, 1.165) is 26.7 Å². The maximum Gasteiger partial charge on any atom is 0.243 e. The highest BCUT2D eigenvalue weighted by atomic mass is 79.9. The monoisotopic (exact) mass is 500 g/mol. The minimum atomic E-state index is -3.88. The molecular weight excluding hydrogens is 476 g/mol. The molecule has 7 heteroatoms. The number of hydrogen-bond acceptors (Lipinski definition) is 3. The van der Waals surface area contributed by atoms with E-state index in [9.17, 15) is 13.2 Å². The summed E-state index contributed by atoms with van der Waals surface area (Å²) in [5.41, 5.74) is 4.59. The molecule has 0 saturated carbocycles. The van der Waals surface area contributed by atoms with Crippen LogP contribution >= 0.6 is 15.9 Å². The van der Waals surface area contributed by atoms with E-state index >= 15 is 0 Å². The van der Waals surface area contributed by atoms with Crippen LogP contribution in [0.15, 0.2) is 76.1 Å². The number of anilines is 1. The van der Waals surface area contributed by atoms with Crippen LogP contribution < -0.4 is 5.32 Å². The first-order chi connectivity index (χ1) is 14.6. The third kappa shape index (κ3) is 6.26. The van der Waals surface area contributed by atoms with Gasteiger partial charge in [0, 0.05) is 16.7 Å². The van der Waals surface area contributed by atoms with Crippen molar-refractivity contribution in [1.82, 2.24) is 4.31 Å². The summed E-state index contributed by atoms with van der Waals surface area (Å²) in [4.78, 5) is 12.9. The van der Waals surface area contributed by atoms with Gasteiger partial charge in [0.1, 0.15) is 0 Å². The fraction of sp³-hybridized carbons (Fsp3) is 0.208. The first-order valence-electron chi connectivity index (χ1n) is 9.83. The van der Waals surface area contributed by atoms with Gasteiger partial charge in [-0.15, -0.1) is 0 Å². The van der Waals surface area contributed by atoms with Crippen LogP contribution in [0.2, 0.25) is 0 Å². The van der Waals surface area contributed by atoms with Gasteiger partial charge in [0.15, 0.2) is 0 Å². The van der Waals surface area contributed by atoms with E-state index in [0.29, 0.717) is 5.69 Å². The largest absolute Gasteiger partial charge is 0.325 e. The van der Waals surface area contributed by atoms with Crippen molar-refractivity contribution in [2.24, 2.45) is 0 Å². The number of aryl methyl sites for hydroxylation is 3. The number of halogens is 1. The van der Waals surface area contributed by atoms with E-state index < -0.39 is 15.9 Å². The zero-order valence-corrected chi connectivity index (χ0v) is 20.1. The molecule has 0 unspecified atom stereocenters. The van der Waals surface area contributed by atoms with Crippen LogP contribution in [0.5, 0.6) is 0 Å². The lowest BCUT2D eigenvalue weighted by Crippen LogP contribution is -2.37. The van der Waals surface area contributed by atoms with Gasteiger partial charge < -0.3 is 5.32 Å². The highest BCUT2D eigenvalue weighted by Crippen LogP contribution is 2.21. The van der Waals surface area contributed by atoms with Gasteiger partial charge >= 0.3 is 0 Å². The molecule has 0 aliphatic carbocycles. The first-order valence-corrected chi connectivity index (χ1v) is 12.1. The Morgan fingerprint density at radius 3 is 2.03 bits per heavy atom. The third-order valence-corrected chi connectivity index (χ3v) is 7.09. The molecule has 0 spiro atoms. The van der Waals surface area contributed by atoms with Crippen molar-refractivity contribution in [3.05, 3.63) is 93.5 Å². The molecule has 162 valence electrons. The molecule has 0 aliphatic heterocycles. The summed E-state index contributed by atoms with van der Waals surface area (Å²) in [5.74, 6) is -0.391. The van der Waals surface area contributed by atoms with Crippen molar-refractivity contribution in [2.75, 3.05) is 11.9 Å². The van der Waals surface area contributed by atoms with E-state index in [2.05, 4.69) is 21.2 Å². The molecule has 5 nitrogen and oxygen atoms in total. The van der Waals surface area contributed by atoms with Crippen molar-refractivity contribution >= 4 is 37.5 Å². The molecule has 3 aromatic rings. The molecule has 0 saturated heterocycles. The number of benzene rings is 3. The number of carbonyl (C=O) groups is 1. The van der Waals surface area contributed by atoms with E-state index in [1.807, 2.05) is 63.2 Å². The Labute approximate surface area is 192 Å². The Hall–Kier alpha value is -2.48. The number of hydrogen-bond donors (Lipinski definition) is 1. The number of rotatable bonds is 7. The lowest BCUT2D eigenvalue weighted by molar-refractivity contribution is -0.116. The highest BCUT2D eigenvalue weighted by Gasteiger charge is 2.27. The second-order valence-electron chi connectivity index (χ2n) is 7.64. The fourth-order valence-corrected chi connectivity index (χ4v) is 4.93. The van der Waals surface area contributed by atoms with E-state index in [1.165, 1.54) is 16.4 Å². The van der Waals surface area contributed by atoms with Crippen LogP contribution in [-0.4, -0.2) is 25.2 Å². The molecule has 1 amide bonds. The molecule has 0 fully saturated rings. The standard InChI is InChI=1S/C24H25BrN2O3S/c1-17-4-6-20(7-5-17)15-27(31(29,30)23-10-8-21(25)9-11-23)16-24(28)26-22-13-18(2)12-19(3)14-22/h4-14H,15-16H2,1-3H3,(H,26,28). The fourth-order valence-electron chi connectivity index (χ4n) is 3.29. The maximum atomic E-state index is 13.3. The number of sulfonamides is 1. The summed E-state index contributed by atoms with van der Waals surface area (Å²) in [5, 5.41) is 2.83. The van der Waals surface area contributed by atoms with Crippen LogP contribution in [0.1, 0.15) is 22.3 Å². The maximum absolute atomic E-state index is 13.3. The quantitative estimate of drug-likeness (QED) is 0.484. The Kier molecular flexibility index (Phi) is 7.30. The van der Waals surface area contributed by atoms with Gasteiger partial charge in [-0.2, -0.15) is 4.31 Å². The predicted molar refractivity (Wildman–Crippen MR) is 127 cm³/mol. The average molecular weight is 501 g/mol. The lowest BCUT2D eigenvalue weighted by atomic mass is 10.1. The van der Waals surface area contributed by atoms with Gasteiger partial charge in [-0.25, -0.2) is 8.42 Å². The van der Waals surface area contributed by atoms with Crippen LogP contribution in [0.3, 0.4) is 0 Å². The van der Waals surface area contributed by atoms with Crippen molar-refractivity contribution < 1.29 is 13.2 Å². The SMILES string of the molecule is Cc1ccc(CN(CC(=O)Nc2cc(C)cc(C)c2)S(=O)(=O)c2ccc(Br)cc2)cc1. The summed E-state index contributed by atoms with van der Waals surface area (Å²) < 4.78 is 28.7. The Balaban J connectivity index is 1.88. The average Bonchev–Trinajstić information content (AvgIpc) is 2.68. The minimum Gasteiger partial charge on any atom is -0.325 e. The van der Waals surface area contributed by atoms with Gasteiger partial charge in [-0.1, -0.05) is 51.8 Å². The number of nitrogens with one attached hydrogen (secondary N) is 1. The molecule has 0 atom stereocenters. The molecule has 1 N–H and O–H groups in total. The van der Waals surface area contributed by atoms with Crippen molar-refractivity contribution in [2.45, 2.75) is 32.2 Å². The summed E-state index contributed by atoms with van der Waals surface area (Å²) in [6.45, 7) is 5.67. The summed E-state index contributed by atoms with van der Waals surface area (Å²) in [6.07, 6.45) is 0. The highest BCUT2D eigenvalue weighted by molar-refractivity contribution is 9.10. The van der Waals surface area contributed by atoms with Crippen LogP contribution in [0.25, 0.3) is 0 Å². The van der Waals surface area contributed by atoms with E-state index in [-0.39, 0.29) is 18.0 Å². The van der Waals surface area contributed by atoms with Crippen LogP contribution in [0, 0.1) is 20.8 Å². The van der Waals surface area contributed by atoms with Crippen molar-refractivity contribution in [1.29, 1.82) is 0 Å². The number of nitrogens with zero attached hydrogens (tertiary/aromatic N) is 1. The molecule has 0 aliphatic rings. The van der Waals surface area contributed by atoms with Gasteiger partial charge in [0.25, 0.3) is 0 Å². The van der Waals surface area contributed by atoms with Gasteiger partial charge in [-0.3, -0.25) is 4.79 Å². The van der Waals surface area contributed by atoms with Crippen LogP contribution in [0.4, 0.5) is 5.69 Å². The Morgan fingerprint density at radius 2 is 1.45 bits per heavy atom. The first kappa shape index (κ1) is 23.2. The molecule has 0 bridgehead atoms. The minimum absolute atomic E-state index is 0.0962. The molecular formula is C24H25BrN2O3S.